The molecule has 4 nitrogen and oxygen atoms in total. The lowest BCUT2D eigenvalue weighted by Gasteiger charge is -2.13. The highest BCUT2D eigenvalue weighted by Crippen LogP contribution is 2.53. The van der Waals surface area contributed by atoms with Crippen molar-refractivity contribution in [2.24, 2.45) is 12.5 Å². The molecule has 1 unspecified atom stereocenters. The summed E-state index contributed by atoms with van der Waals surface area (Å²) in [6, 6.07) is 0. The summed E-state index contributed by atoms with van der Waals surface area (Å²) < 4.78 is 1.62. The van der Waals surface area contributed by atoms with Crippen LogP contribution in [-0.2, 0) is 7.05 Å². The minimum Gasteiger partial charge on any atom is -0.386 e. The van der Waals surface area contributed by atoms with Crippen molar-refractivity contribution in [2.45, 2.75) is 25.9 Å². The molecule has 1 aliphatic carbocycles. The first-order valence-corrected chi connectivity index (χ1v) is 4.16. The first-order valence-electron chi connectivity index (χ1n) is 4.16. The molecule has 1 atom stereocenters. The lowest BCUT2D eigenvalue weighted by molar-refractivity contribution is 0.0992. The Labute approximate surface area is 71.2 Å². The third-order valence-electron chi connectivity index (χ3n) is 2.60. The standard InChI is InChI=1S/C8H13N3O/c1-8(3-4-8)7(12)6-5-11(2)10-9-6/h5,7,12H,3-4H2,1-2H3. The van der Waals surface area contributed by atoms with Gasteiger partial charge in [0, 0.05) is 7.05 Å². The molecule has 0 amide bonds. The number of aromatic nitrogens is 3. The first kappa shape index (κ1) is 7.73. The fourth-order valence-corrected chi connectivity index (χ4v) is 1.32. The molecule has 0 aliphatic heterocycles. The number of aliphatic hydroxyl groups excluding tert-OH is 1. The van der Waals surface area contributed by atoms with Crippen LogP contribution in [0.15, 0.2) is 6.20 Å². The van der Waals surface area contributed by atoms with E-state index in [1.54, 1.807) is 17.9 Å². The molecule has 0 aromatic carbocycles. The van der Waals surface area contributed by atoms with E-state index in [4.69, 9.17) is 0 Å². The van der Waals surface area contributed by atoms with Gasteiger partial charge in [-0.25, -0.2) is 0 Å². The number of aliphatic hydroxyl groups is 1. The van der Waals surface area contributed by atoms with Crippen LogP contribution in [0.4, 0.5) is 0 Å². The van der Waals surface area contributed by atoms with Gasteiger partial charge in [-0.2, -0.15) is 0 Å². The molecular weight excluding hydrogens is 154 g/mol. The second-order valence-corrected chi connectivity index (χ2v) is 3.87. The zero-order valence-corrected chi connectivity index (χ0v) is 7.36. The average molecular weight is 167 g/mol. The molecule has 0 saturated heterocycles. The molecule has 12 heavy (non-hydrogen) atoms. The molecule has 1 aromatic heterocycles. The topological polar surface area (TPSA) is 50.9 Å². The van der Waals surface area contributed by atoms with E-state index < -0.39 is 6.10 Å². The van der Waals surface area contributed by atoms with E-state index in [0.717, 1.165) is 12.8 Å². The Morgan fingerprint density at radius 1 is 1.67 bits per heavy atom. The van der Waals surface area contributed by atoms with Crippen LogP contribution in [0.2, 0.25) is 0 Å². The maximum absolute atomic E-state index is 9.82. The number of aryl methyl sites for hydroxylation is 1. The van der Waals surface area contributed by atoms with Crippen molar-refractivity contribution >= 4 is 0 Å². The third kappa shape index (κ3) is 1.12. The molecule has 0 radical (unpaired) electrons. The molecule has 1 fully saturated rings. The second kappa shape index (κ2) is 2.29. The molecule has 1 heterocycles. The van der Waals surface area contributed by atoms with Gasteiger partial charge in [-0.1, -0.05) is 12.1 Å². The van der Waals surface area contributed by atoms with Gasteiger partial charge in [0.15, 0.2) is 0 Å². The van der Waals surface area contributed by atoms with Crippen LogP contribution in [0.25, 0.3) is 0 Å². The zero-order valence-electron chi connectivity index (χ0n) is 7.36. The van der Waals surface area contributed by atoms with E-state index in [1.807, 2.05) is 0 Å². The van der Waals surface area contributed by atoms with Crippen LogP contribution in [0.3, 0.4) is 0 Å². The van der Waals surface area contributed by atoms with Gasteiger partial charge >= 0.3 is 0 Å². The summed E-state index contributed by atoms with van der Waals surface area (Å²) in [5, 5.41) is 17.5. The smallest absolute Gasteiger partial charge is 0.112 e. The summed E-state index contributed by atoms with van der Waals surface area (Å²) in [7, 11) is 1.80. The highest BCUT2D eigenvalue weighted by Gasteiger charge is 2.45. The lowest BCUT2D eigenvalue weighted by atomic mass is 10.00. The highest BCUT2D eigenvalue weighted by atomic mass is 16.3. The fourth-order valence-electron chi connectivity index (χ4n) is 1.32. The molecule has 1 saturated carbocycles. The summed E-state index contributed by atoms with van der Waals surface area (Å²) in [4.78, 5) is 0. The molecule has 0 bridgehead atoms. The van der Waals surface area contributed by atoms with Crippen molar-refractivity contribution in [3.05, 3.63) is 11.9 Å². The van der Waals surface area contributed by atoms with Gasteiger partial charge in [0.05, 0.1) is 6.20 Å². The normalized spacial score (nSPS) is 22.2. The van der Waals surface area contributed by atoms with Crippen molar-refractivity contribution in [1.29, 1.82) is 0 Å². The minimum atomic E-state index is -0.439. The SMILES string of the molecule is Cn1cc(C(O)C2(C)CC2)nn1. The molecule has 1 N–H and O–H groups in total. The van der Waals surface area contributed by atoms with Crippen LogP contribution < -0.4 is 0 Å². The monoisotopic (exact) mass is 167 g/mol. The third-order valence-corrected chi connectivity index (χ3v) is 2.60. The van der Waals surface area contributed by atoms with E-state index in [2.05, 4.69) is 17.2 Å². The van der Waals surface area contributed by atoms with Gasteiger partial charge in [0.1, 0.15) is 11.8 Å². The quantitative estimate of drug-likeness (QED) is 0.703. The second-order valence-electron chi connectivity index (χ2n) is 3.87. The Kier molecular flexibility index (Phi) is 1.48. The van der Waals surface area contributed by atoms with Crippen LogP contribution in [0, 0.1) is 5.41 Å². The Hall–Kier alpha value is -0.900. The van der Waals surface area contributed by atoms with Gasteiger partial charge in [-0.3, -0.25) is 4.68 Å². The average Bonchev–Trinajstić information content (AvgIpc) is 2.62. The van der Waals surface area contributed by atoms with Crippen molar-refractivity contribution in [3.8, 4) is 0 Å². The van der Waals surface area contributed by atoms with Crippen molar-refractivity contribution in [2.75, 3.05) is 0 Å². The van der Waals surface area contributed by atoms with E-state index in [9.17, 15) is 5.11 Å². The van der Waals surface area contributed by atoms with Crippen LogP contribution in [0.1, 0.15) is 31.6 Å². The van der Waals surface area contributed by atoms with Crippen LogP contribution >= 0.6 is 0 Å². The summed E-state index contributed by atoms with van der Waals surface area (Å²) >= 11 is 0. The molecule has 4 heteroatoms. The lowest BCUT2D eigenvalue weighted by Crippen LogP contribution is -2.09. The zero-order chi connectivity index (χ0) is 8.77. The number of hydrogen-bond donors (Lipinski definition) is 1. The maximum Gasteiger partial charge on any atom is 0.112 e. The van der Waals surface area contributed by atoms with Gasteiger partial charge in [-0.05, 0) is 18.3 Å². The maximum atomic E-state index is 9.82. The number of hydrogen-bond acceptors (Lipinski definition) is 3. The summed E-state index contributed by atoms with van der Waals surface area (Å²) in [6.07, 6.45) is 3.51. The number of nitrogens with zero attached hydrogens (tertiary/aromatic N) is 3. The van der Waals surface area contributed by atoms with Crippen LogP contribution in [-0.4, -0.2) is 20.1 Å². The first-order chi connectivity index (χ1) is 5.62. The van der Waals surface area contributed by atoms with Crippen LogP contribution in [0.5, 0.6) is 0 Å². The molecule has 66 valence electrons. The Morgan fingerprint density at radius 3 is 2.75 bits per heavy atom. The predicted octanol–water partition coefficient (Wildman–Crippen LogP) is 0.649. The van der Waals surface area contributed by atoms with E-state index in [1.165, 1.54) is 0 Å². The van der Waals surface area contributed by atoms with E-state index >= 15 is 0 Å². The minimum absolute atomic E-state index is 0.0655. The van der Waals surface area contributed by atoms with Crippen molar-refractivity contribution < 1.29 is 5.11 Å². The summed E-state index contributed by atoms with van der Waals surface area (Å²) in [5.74, 6) is 0. The number of rotatable bonds is 2. The van der Waals surface area contributed by atoms with E-state index in [0.29, 0.717) is 5.69 Å². The molecular formula is C8H13N3O. The summed E-state index contributed by atoms with van der Waals surface area (Å²) in [5.41, 5.74) is 0.758. The van der Waals surface area contributed by atoms with Gasteiger partial charge < -0.3 is 5.11 Å². The largest absolute Gasteiger partial charge is 0.386 e. The Morgan fingerprint density at radius 2 is 2.33 bits per heavy atom. The predicted molar refractivity (Wildman–Crippen MR) is 43.3 cm³/mol. The van der Waals surface area contributed by atoms with Crippen molar-refractivity contribution in [1.82, 2.24) is 15.0 Å². The van der Waals surface area contributed by atoms with Gasteiger partial charge in [0.2, 0.25) is 0 Å². The molecule has 1 aromatic rings. The van der Waals surface area contributed by atoms with Crippen molar-refractivity contribution in [3.63, 3.8) is 0 Å². The Balaban J connectivity index is 2.19. The van der Waals surface area contributed by atoms with Gasteiger partial charge in [-0.15, -0.1) is 5.10 Å². The molecule has 2 rings (SSSR count). The highest BCUT2D eigenvalue weighted by molar-refractivity contribution is 5.08. The van der Waals surface area contributed by atoms with E-state index in [-0.39, 0.29) is 5.41 Å². The van der Waals surface area contributed by atoms with Gasteiger partial charge in [0.25, 0.3) is 0 Å². The fraction of sp³-hybridized carbons (Fsp3) is 0.750. The molecule has 1 aliphatic rings. The molecule has 0 spiro atoms. The summed E-state index contributed by atoms with van der Waals surface area (Å²) in [6.45, 7) is 2.08. The Bertz CT molecular complexity index is 290.